The standard InChI is InChI=1S/C33H24N8O14S4/c34-21-12-19(56(44,45)46)7-15-9-25(58(50,51)52)29(31(42)27(15)21)40-38-17-3-1-14(2-4-17)33-36-23-6-5-18(11-24(23)37-33)39-41-30-26(59(53,54)55)10-16-8-20(57(47,48)49)13-22(35)28(16)32(30)43/h1-13,42-43H,34-35H2,(H,36,37)(H,44,45,46)(H,47,48,49)(H,50,51,52)(H,53,54,55). The van der Waals surface area contributed by atoms with Gasteiger partial charge in [-0.05, 0) is 89.6 Å². The molecule has 0 spiro atoms. The van der Waals surface area contributed by atoms with E-state index in [1.54, 1.807) is 18.2 Å². The number of rotatable bonds is 9. The lowest BCUT2D eigenvalue weighted by atomic mass is 10.1. The number of aromatic amines is 1. The van der Waals surface area contributed by atoms with E-state index in [0.29, 0.717) is 22.4 Å². The van der Waals surface area contributed by atoms with Gasteiger partial charge in [-0.3, -0.25) is 18.2 Å². The molecular formula is C33H24N8O14S4. The van der Waals surface area contributed by atoms with Crippen LogP contribution in [0.3, 0.4) is 0 Å². The van der Waals surface area contributed by atoms with Crippen LogP contribution < -0.4 is 11.5 Å². The highest BCUT2D eigenvalue weighted by Crippen LogP contribution is 2.46. The minimum Gasteiger partial charge on any atom is -0.505 e. The first-order valence-corrected chi connectivity index (χ1v) is 21.7. The van der Waals surface area contributed by atoms with Crippen molar-refractivity contribution in [1.82, 2.24) is 9.97 Å². The molecule has 0 bridgehead atoms. The van der Waals surface area contributed by atoms with Crippen LogP contribution in [0.5, 0.6) is 11.5 Å². The second-order valence-electron chi connectivity index (χ2n) is 12.5. The van der Waals surface area contributed by atoms with Gasteiger partial charge in [-0.2, -0.15) is 43.9 Å². The van der Waals surface area contributed by atoms with E-state index in [1.165, 1.54) is 24.3 Å². The van der Waals surface area contributed by atoms with Gasteiger partial charge in [-0.1, -0.05) is 0 Å². The summed E-state index contributed by atoms with van der Waals surface area (Å²) >= 11 is 0. The van der Waals surface area contributed by atoms with E-state index in [0.717, 1.165) is 36.4 Å². The number of hydrogen-bond acceptors (Lipinski definition) is 17. The molecule has 0 aliphatic rings. The number of nitrogens with one attached hydrogen (secondary N) is 1. The Hall–Kier alpha value is -6.65. The van der Waals surface area contributed by atoms with Crippen molar-refractivity contribution in [3.05, 3.63) is 78.9 Å². The Balaban J connectivity index is 1.19. The second-order valence-corrected chi connectivity index (χ2v) is 18.1. The van der Waals surface area contributed by atoms with Gasteiger partial charge in [0.05, 0.1) is 32.2 Å². The number of anilines is 2. The van der Waals surface area contributed by atoms with Gasteiger partial charge >= 0.3 is 0 Å². The van der Waals surface area contributed by atoms with E-state index in [4.69, 9.17) is 11.5 Å². The Morgan fingerprint density at radius 1 is 0.525 bits per heavy atom. The average Bonchev–Trinajstić information content (AvgIpc) is 3.55. The van der Waals surface area contributed by atoms with Crippen molar-refractivity contribution < 1.29 is 62.1 Å². The van der Waals surface area contributed by atoms with Gasteiger partial charge in [0.15, 0.2) is 11.5 Å². The molecular weight excluding hydrogens is 861 g/mol. The molecule has 1 aromatic heterocycles. The first-order chi connectivity index (χ1) is 27.4. The number of hydrogen-bond donors (Lipinski definition) is 9. The van der Waals surface area contributed by atoms with Gasteiger partial charge < -0.3 is 26.7 Å². The highest BCUT2D eigenvalue weighted by atomic mass is 32.2. The van der Waals surface area contributed by atoms with E-state index in [1.807, 2.05) is 0 Å². The van der Waals surface area contributed by atoms with Gasteiger partial charge in [0.2, 0.25) is 0 Å². The molecule has 0 amide bonds. The van der Waals surface area contributed by atoms with E-state index in [-0.39, 0.29) is 44.3 Å². The zero-order chi connectivity index (χ0) is 43.0. The third kappa shape index (κ3) is 7.83. The van der Waals surface area contributed by atoms with Gasteiger partial charge in [-0.15, -0.1) is 10.2 Å². The zero-order valence-electron chi connectivity index (χ0n) is 29.0. The topological polar surface area (TPSA) is 388 Å². The van der Waals surface area contributed by atoms with Crippen molar-refractivity contribution in [2.75, 3.05) is 11.5 Å². The minimum atomic E-state index is -5.09. The smallest absolute Gasteiger partial charge is 0.296 e. The van der Waals surface area contributed by atoms with Crippen LogP contribution in [0.1, 0.15) is 0 Å². The summed E-state index contributed by atoms with van der Waals surface area (Å²) in [6, 6.07) is 15.4. The zero-order valence-corrected chi connectivity index (χ0v) is 32.2. The summed E-state index contributed by atoms with van der Waals surface area (Å²) in [6.07, 6.45) is 0. The normalized spacial score (nSPS) is 13.1. The molecule has 0 aliphatic carbocycles. The third-order valence-corrected chi connectivity index (χ3v) is 12.0. The maximum atomic E-state index is 12.3. The summed E-state index contributed by atoms with van der Waals surface area (Å²) < 4.78 is 134. The Morgan fingerprint density at radius 3 is 1.41 bits per heavy atom. The molecule has 0 unspecified atom stereocenters. The molecule has 304 valence electrons. The number of phenolic OH excluding ortho intramolecular Hbond substituents is 2. The van der Waals surface area contributed by atoms with Crippen LogP contribution in [-0.2, 0) is 40.5 Å². The number of phenols is 2. The number of nitrogen functional groups attached to an aromatic ring is 2. The van der Waals surface area contributed by atoms with Crippen molar-refractivity contribution in [2.24, 2.45) is 20.5 Å². The van der Waals surface area contributed by atoms with Gasteiger partial charge in [0.1, 0.15) is 27.0 Å². The van der Waals surface area contributed by atoms with Crippen molar-refractivity contribution >= 4 is 107 Å². The Morgan fingerprint density at radius 2 is 0.966 bits per heavy atom. The lowest BCUT2D eigenvalue weighted by Crippen LogP contribution is -2.02. The van der Waals surface area contributed by atoms with E-state index >= 15 is 0 Å². The van der Waals surface area contributed by atoms with Crippen LogP contribution in [0.4, 0.5) is 34.1 Å². The van der Waals surface area contributed by atoms with Crippen molar-refractivity contribution in [3.8, 4) is 22.9 Å². The highest BCUT2D eigenvalue weighted by molar-refractivity contribution is 7.86. The van der Waals surface area contributed by atoms with Gasteiger partial charge in [0, 0.05) is 27.7 Å². The SMILES string of the molecule is Nc1cc(S(=O)(=O)O)cc2cc(S(=O)(=O)O)c(N=Nc3ccc(-c4nc5cc(N=Nc6c(S(=O)(=O)O)cc7cc(S(=O)(=O)O)cc(N)c7c6O)ccc5[nH]4)cc3)c(O)c12. The minimum absolute atomic E-state index is 0.101. The number of H-pyrrole nitrogens is 1. The van der Waals surface area contributed by atoms with Crippen molar-refractivity contribution in [2.45, 2.75) is 19.6 Å². The molecule has 22 nitrogen and oxygen atoms in total. The molecule has 0 atom stereocenters. The molecule has 7 aromatic rings. The molecule has 0 radical (unpaired) electrons. The fraction of sp³-hybridized carbons (Fsp3) is 0. The molecule has 0 fully saturated rings. The van der Waals surface area contributed by atoms with Crippen molar-refractivity contribution in [3.63, 3.8) is 0 Å². The van der Waals surface area contributed by atoms with Crippen molar-refractivity contribution in [1.29, 1.82) is 0 Å². The third-order valence-electron chi connectivity index (χ3n) is 8.60. The maximum Gasteiger partial charge on any atom is 0.296 e. The maximum absolute atomic E-state index is 12.3. The molecule has 59 heavy (non-hydrogen) atoms. The van der Waals surface area contributed by atoms with Gasteiger partial charge in [0.25, 0.3) is 40.5 Å². The second kappa shape index (κ2) is 14.0. The van der Waals surface area contributed by atoms with Gasteiger partial charge in [-0.25, -0.2) is 4.98 Å². The molecule has 0 aliphatic heterocycles. The fourth-order valence-electron chi connectivity index (χ4n) is 5.96. The monoisotopic (exact) mass is 884 g/mol. The van der Waals surface area contributed by atoms with Crippen LogP contribution in [0.25, 0.3) is 44.0 Å². The number of imidazole rings is 1. The molecule has 11 N–H and O–H groups in total. The highest BCUT2D eigenvalue weighted by Gasteiger charge is 2.26. The van der Waals surface area contributed by atoms with E-state index in [2.05, 4.69) is 30.4 Å². The summed E-state index contributed by atoms with van der Waals surface area (Å²) in [5, 5.41) is 36.5. The molecule has 1 heterocycles. The van der Waals surface area contributed by atoms with Crippen LogP contribution in [-0.4, -0.2) is 72.1 Å². The number of aromatic hydroxyl groups is 2. The molecule has 7 rings (SSSR count). The Bertz CT molecular complexity index is 3480. The quantitative estimate of drug-likeness (QED) is 0.0460. The van der Waals surface area contributed by atoms with Crippen LogP contribution in [0.15, 0.2) is 119 Å². The first kappa shape index (κ1) is 40.5. The lowest BCUT2D eigenvalue weighted by molar-refractivity contribution is 0.471. The Kier molecular flexibility index (Phi) is 9.64. The number of nitrogens with two attached hydrogens (primary N) is 2. The molecule has 0 saturated carbocycles. The van der Waals surface area contributed by atoms with Crippen LogP contribution >= 0.6 is 0 Å². The summed E-state index contributed by atoms with van der Waals surface area (Å²) in [7, 11) is -19.7. The number of azo groups is 2. The van der Waals surface area contributed by atoms with Crippen LogP contribution in [0, 0.1) is 0 Å². The number of fused-ring (bicyclic) bond motifs is 3. The van der Waals surface area contributed by atoms with E-state index < -0.39 is 82.9 Å². The predicted octanol–water partition coefficient (Wildman–Crippen LogP) is 5.93. The fourth-order valence-corrected chi connectivity index (χ4v) is 8.38. The van der Waals surface area contributed by atoms with E-state index in [9.17, 15) is 62.1 Å². The Labute approximate surface area is 331 Å². The summed E-state index contributed by atoms with van der Waals surface area (Å²) in [5.74, 6) is -1.39. The molecule has 6 aromatic carbocycles. The number of nitrogens with zero attached hydrogens (tertiary/aromatic N) is 5. The predicted molar refractivity (Wildman–Crippen MR) is 209 cm³/mol. The summed E-state index contributed by atoms with van der Waals surface area (Å²) in [6.45, 7) is 0. The largest absolute Gasteiger partial charge is 0.505 e. The first-order valence-electron chi connectivity index (χ1n) is 15.9. The summed E-state index contributed by atoms with van der Waals surface area (Å²) in [5.41, 5.74) is 11.2. The lowest BCUT2D eigenvalue weighted by Gasteiger charge is -2.11. The number of aromatic nitrogens is 2. The number of benzene rings is 6. The van der Waals surface area contributed by atoms with Crippen LogP contribution in [0.2, 0.25) is 0 Å². The average molecular weight is 885 g/mol. The molecule has 0 saturated heterocycles. The summed E-state index contributed by atoms with van der Waals surface area (Å²) in [4.78, 5) is 4.31. The molecule has 26 heteroatoms.